The Morgan fingerprint density at radius 2 is 0.833 bits per heavy atom. The maximum absolute atomic E-state index is 7.00. The first-order chi connectivity index (χ1) is 1.00. The normalized spacial score (nSPS) is 1.00. The van der Waals surface area contributed by atoms with Crippen molar-refractivity contribution in [3.8, 4) is 0 Å². The van der Waals surface area contributed by atoms with Gasteiger partial charge in [0.2, 0.25) is 0 Å². The molecule has 0 bridgehead atoms. The predicted octanol–water partition coefficient (Wildman–Crippen LogP) is 0.961. The van der Waals surface area contributed by atoms with E-state index in [1.54, 1.807) is 0 Å². The maximum atomic E-state index is 7.00. The van der Waals surface area contributed by atoms with Gasteiger partial charge in [0.1, 0.15) is 0 Å². The third kappa shape index (κ3) is 50.8. The van der Waals surface area contributed by atoms with E-state index in [2.05, 4.69) is 0 Å². The van der Waals surface area contributed by atoms with Gasteiger partial charge in [-0.15, -0.1) is 50.9 Å². The van der Waals surface area contributed by atoms with E-state index in [1.165, 1.54) is 0 Å². The summed E-state index contributed by atoms with van der Waals surface area (Å²) in [5.41, 5.74) is 0. The van der Waals surface area contributed by atoms with Crippen molar-refractivity contribution in [2.24, 2.45) is 0 Å². The highest BCUT2D eigenvalue weighted by molar-refractivity contribution is 8.93. The highest BCUT2D eigenvalue weighted by Crippen LogP contribution is 0.848. The van der Waals surface area contributed by atoms with Crippen molar-refractivity contribution in [3.63, 3.8) is 0 Å². The van der Waals surface area contributed by atoms with Gasteiger partial charge in [-0.25, -0.2) is 0 Å². The molecule has 3 radical (unpaired) electrons. The van der Waals surface area contributed by atoms with E-state index in [0.717, 1.165) is 7.11 Å². The number of aliphatic hydroxyl groups is 1. The highest BCUT2D eigenvalue weighted by Gasteiger charge is 0.839. The van der Waals surface area contributed by atoms with Crippen LogP contribution in [-0.4, -0.2) is 20.6 Å². The summed E-state index contributed by atoms with van der Waals surface area (Å²) in [6.45, 7) is 0. The second-order valence-electron chi connectivity index (χ2n) is 0. The van der Waals surface area contributed by atoms with Crippen LogP contribution < -0.4 is 0 Å². The Morgan fingerprint density at radius 1 is 0.833 bits per heavy atom. The molecule has 41 valence electrons. The Labute approximate surface area is 71.4 Å². The molecule has 5 heteroatoms. The number of rotatable bonds is 0. The van der Waals surface area contributed by atoms with Crippen molar-refractivity contribution >= 4 is 59.4 Å². The quantitative estimate of drug-likeness (QED) is 0.658. The van der Waals surface area contributed by atoms with Crippen LogP contribution in [0.15, 0.2) is 0 Å². The molecule has 0 aromatic carbocycles. The molecule has 0 aromatic heterocycles. The number of hydrogen-bond donors (Lipinski definition) is 1. The zero-order valence-electron chi connectivity index (χ0n) is 3.25. The lowest BCUT2D eigenvalue weighted by molar-refractivity contribution is 0.399. The first-order valence-corrected chi connectivity index (χ1v) is 0.447. The molecule has 0 heterocycles. The van der Waals surface area contributed by atoms with E-state index in [9.17, 15) is 0 Å². The Morgan fingerprint density at radius 3 is 0.833 bits per heavy atom. The van der Waals surface area contributed by atoms with Crippen molar-refractivity contribution in [3.05, 3.63) is 0 Å². The molecule has 0 aromatic rings. The minimum atomic E-state index is 0. The lowest BCUT2D eigenvalue weighted by Crippen LogP contribution is -1.25. The molecule has 1 N–H and O–H groups in total. The molecule has 1 nitrogen and oxygen atoms in total. The van der Waals surface area contributed by atoms with E-state index in [0.29, 0.717) is 0 Å². The maximum Gasteiger partial charge on any atom is 0.0319 e. The molecule has 0 amide bonds. The number of aliphatic hydroxyl groups excluding tert-OH is 1. The molecular weight excluding hydrogens is 279 g/mol. The minimum absolute atomic E-state index is 0. The summed E-state index contributed by atoms with van der Waals surface area (Å²) in [4.78, 5) is 0. The average Bonchev–Trinajstić information content (AvgIpc) is 1.00. The molecule has 0 rings (SSSR count). The highest BCUT2D eigenvalue weighted by atomic mass is 79.9. The Balaban J connectivity index is -0.000000000833. The van der Waals surface area contributed by atoms with Gasteiger partial charge in [-0.1, -0.05) is 0 Å². The number of halogens is 3. The van der Waals surface area contributed by atoms with Gasteiger partial charge in [-0.05, 0) is 0 Å². The minimum Gasteiger partial charge on any atom is -0.400 e. The standard InChI is InChI=1S/CH4O.B.3BrH/c1-2;;;;/h2H,1H3;;3*1H. The van der Waals surface area contributed by atoms with Crippen molar-refractivity contribution < 1.29 is 5.11 Å². The van der Waals surface area contributed by atoms with Gasteiger partial charge in [0.15, 0.2) is 0 Å². The molecule has 0 aliphatic rings. The topological polar surface area (TPSA) is 20.2 Å². The van der Waals surface area contributed by atoms with Gasteiger partial charge in [0, 0.05) is 15.5 Å². The molecule has 0 saturated carbocycles. The molecule has 0 fully saturated rings. The summed E-state index contributed by atoms with van der Waals surface area (Å²) >= 11 is 0. The Hall–Kier alpha value is 1.46. The Kier molecular flexibility index (Phi) is 770. The second-order valence-corrected chi connectivity index (χ2v) is 0. The van der Waals surface area contributed by atoms with Crippen molar-refractivity contribution in [2.45, 2.75) is 0 Å². The summed E-state index contributed by atoms with van der Waals surface area (Å²) in [5.74, 6) is 0. The van der Waals surface area contributed by atoms with Crippen LogP contribution in [0.4, 0.5) is 0 Å². The van der Waals surface area contributed by atoms with Crippen LogP contribution in [0, 0.1) is 0 Å². The zero-order chi connectivity index (χ0) is 2.00. The lowest BCUT2D eigenvalue weighted by Gasteiger charge is -1.21. The Bertz CT molecular complexity index is 10.8. The SMILES string of the molecule is Br.Br.Br.CO.[B]. The van der Waals surface area contributed by atoms with Gasteiger partial charge in [-0.3, -0.25) is 0 Å². The van der Waals surface area contributed by atoms with Crippen LogP contribution in [0.2, 0.25) is 0 Å². The summed E-state index contributed by atoms with van der Waals surface area (Å²) in [6.07, 6.45) is 0. The predicted molar refractivity (Wildman–Crippen MR) is 44.9 cm³/mol. The second kappa shape index (κ2) is 90.0. The first kappa shape index (κ1) is 51.4. The van der Waals surface area contributed by atoms with E-state index >= 15 is 0 Å². The van der Waals surface area contributed by atoms with E-state index < -0.39 is 0 Å². The van der Waals surface area contributed by atoms with Gasteiger partial charge in [-0.2, -0.15) is 0 Å². The molecule has 0 aliphatic carbocycles. The van der Waals surface area contributed by atoms with Crippen LogP contribution in [-0.2, 0) is 0 Å². The van der Waals surface area contributed by atoms with Crippen LogP contribution >= 0.6 is 50.9 Å². The van der Waals surface area contributed by atoms with Crippen molar-refractivity contribution in [2.75, 3.05) is 7.11 Å². The molecule has 0 spiro atoms. The van der Waals surface area contributed by atoms with Crippen molar-refractivity contribution in [1.82, 2.24) is 0 Å². The smallest absolute Gasteiger partial charge is 0.0319 e. The van der Waals surface area contributed by atoms with Gasteiger partial charge in [0.25, 0.3) is 0 Å². The third-order valence-corrected chi connectivity index (χ3v) is 0. The fourth-order valence-electron chi connectivity index (χ4n) is 0. The van der Waals surface area contributed by atoms with Crippen LogP contribution in [0.3, 0.4) is 0 Å². The summed E-state index contributed by atoms with van der Waals surface area (Å²) < 4.78 is 0. The average molecular weight is 286 g/mol. The van der Waals surface area contributed by atoms with Gasteiger partial charge >= 0.3 is 0 Å². The summed E-state index contributed by atoms with van der Waals surface area (Å²) in [5, 5.41) is 7.00. The van der Waals surface area contributed by atoms with Crippen LogP contribution in [0.5, 0.6) is 0 Å². The van der Waals surface area contributed by atoms with E-state index in [1.807, 2.05) is 0 Å². The molecule has 0 unspecified atom stereocenters. The fraction of sp³-hybridized carbons (Fsp3) is 1.00. The molecule has 6 heavy (non-hydrogen) atoms. The largest absolute Gasteiger partial charge is 0.400 e. The van der Waals surface area contributed by atoms with Gasteiger partial charge < -0.3 is 5.11 Å². The lowest BCUT2D eigenvalue weighted by atomic mass is 10.8. The number of hydrogen-bond acceptors (Lipinski definition) is 1. The van der Waals surface area contributed by atoms with Crippen LogP contribution in [0.1, 0.15) is 0 Å². The van der Waals surface area contributed by atoms with E-state index in [-0.39, 0.29) is 59.4 Å². The summed E-state index contributed by atoms with van der Waals surface area (Å²) in [6, 6.07) is 0. The molecule has 0 atom stereocenters. The van der Waals surface area contributed by atoms with Crippen molar-refractivity contribution in [1.29, 1.82) is 0 Å². The third-order valence-electron chi connectivity index (χ3n) is 0. The zero-order valence-corrected chi connectivity index (χ0v) is 8.39. The van der Waals surface area contributed by atoms with E-state index in [4.69, 9.17) is 5.11 Å². The first-order valence-electron chi connectivity index (χ1n) is 0.447. The molecular formula is CH7BBr3O. The van der Waals surface area contributed by atoms with Gasteiger partial charge in [0.05, 0.1) is 0 Å². The summed E-state index contributed by atoms with van der Waals surface area (Å²) in [7, 11) is 1.00. The van der Waals surface area contributed by atoms with Crippen LogP contribution in [0.25, 0.3) is 0 Å². The molecule has 0 aliphatic heterocycles. The molecule has 0 saturated heterocycles. The fourth-order valence-corrected chi connectivity index (χ4v) is 0. The monoisotopic (exact) mass is 283 g/mol.